The van der Waals surface area contributed by atoms with E-state index in [0.29, 0.717) is 25.4 Å². The quantitative estimate of drug-likeness (QED) is 0.842. The number of benzene rings is 1. The van der Waals surface area contributed by atoms with Crippen molar-refractivity contribution in [2.45, 2.75) is 25.7 Å². The third-order valence-electron chi connectivity index (χ3n) is 3.76. The van der Waals surface area contributed by atoms with Crippen LogP contribution in [0.4, 0.5) is 4.79 Å². The molecule has 1 aliphatic heterocycles. The second-order valence-corrected chi connectivity index (χ2v) is 6.22. The Hall–Kier alpha value is -1.49. The van der Waals surface area contributed by atoms with Gasteiger partial charge in [-0.3, -0.25) is 9.59 Å². The van der Waals surface area contributed by atoms with Crippen molar-refractivity contribution in [2.24, 2.45) is 0 Å². The minimum absolute atomic E-state index is 0.0223. The van der Waals surface area contributed by atoms with Gasteiger partial charge in [0.1, 0.15) is 0 Å². The highest BCUT2D eigenvalue weighted by Gasteiger charge is 2.21. The predicted octanol–water partition coefficient (Wildman–Crippen LogP) is 2.86. The third-order valence-corrected chi connectivity index (χ3v) is 4.65. The number of carbonyl (C=O) groups is 2. The van der Waals surface area contributed by atoms with Crippen molar-refractivity contribution in [2.75, 3.05) is 25.4 Å². The molecule has 0 unspecified atom stereocenters. The lowest BCUT2D eigenvalue weighted by atomic mass is 9.96. The van der Waals surface area contributed by atoms with Crippen molar-refractivity contribution in [3.8, 4) is 0 Å². The van der Waals surface area contributed by atoms with Crippen molar-refractivity contribution in [1.29, 1.82) is 0 Å². The molecule has 0 aliphatic carbocycles. The average Bonchev–Trinajstić information content (AvgIpc) is 2.92. The van der Waals surface area contributed by atoms with E-state index in [1.165, 1.54) is 17.3 Å². The number of hydrogen-bond donors (Lipinski definition) is 1. The molecule has 4 nitrogen and oxygen atoms in total. The van der Waals surface area contributed by atoms with Crippen molar-refractivity contribution in [1.82, 2.24) is 10.2 Å². The van der Waals surface area contributed by atoms with Gasteiger partial charge < -0.3 is 10.2 Å². The first-order valence-corrected chi connectivity index (χ1v) is 8.42. The molecule has 0 bridgehead atoms. The molecule has 114 valence electrons. The molecule has 0 spiro atoms. The smallest absolute Gasteiger partial charge is 0.281 e. The summed E-state index contributed by atoms with van der Waals surface area (Å²) in [6, 6.07) is 10.2. The minimum Gasteiger partial charge on any atom is -0.355 e. The van der Waals surface area contributed by atoms with Gasteiger partial charge in [-0.2, -0.15) is 0 Å². The van der Waals surface area contributed by atoms with E-state index in [-0.39, 0.29) is 11.1 Å². The van der Waals surface area contributed by atoms with E-state index in [0.717, 1.165) is 18.7 Å². The maximum atomic E-state index is 11.9. The molecule has 1 heterocycles. The minimum atomic E-state index is 0.0223. The summed E-state index contributed by atoms with van der Waals surface area (Å²) < 4.78 is 0. The van der Waals surface area contributed by atoms with E-state index in [1.807, 2.05) is 18.2 Å². The zero-order valence-corrected chi connectivity index (χ0v) is 13.2. The number of amides is 2. The molecule has 1 aliphatic rings. The standard InChI is InChI=1S/C16H22N2O2S/c1-2-13(14-6-4-3-5-7-14)12-17-15(19)8-9-18-10-11-21-16(18)20/h3-7,13H,2,8-12H2,1H3,(H,17,19)/t13-/m0/s1. The number of nitrogens with zero attached hydrogens (tertiary/aromatic N) is 1. The van der Waals surface area contributed by atoms with Crippen LogP contribution in [-0.2, 0) is 4.79 Å². The summed E-state index contributed by atoms with van der Waals surface area (Å²) in [6.45, 7) is 4.07. The lowest BCUT2D eigenvalue weighted by Crippen LogP contribution is -2.33. The molecule has 1 atom stereocenters. The fraction of sp³-hybridized carbons (Fsp3) is 0.500. The first kappa shape index (κ1) is 15.9. The summed E-state index contributed by atoms with van der Waals surface area (Å²) in [4.78, 5) is 25.1. The molecule has 21 heavy (non-hydrogen) atoms. The number of carbonyl (C=O) groups excluding carboxylic acids is 2. The van der Waals surface area contributed by atoms with Crippen LogP contribution >= 0.6 is 11.8 Å². The zero-order valence-electron chi connectivity index (χ0n) is 12.4. The van der Waals surface area contributed by atoms with Crippen LogP contribution in [0, 0.1) is 0 Å². The topological polar surface area (TPSA) is 49.4 Å². The van der Waals surface area contributed by atoms with Gasteiger partial charge >= 0.3 is 0 Å². The lowest BCUT2D eigenvalue weighted by molar-refractivity contribution is -0.121. The Kier molecular flexibility index (Phi) is 6.11. The molecule has 0 radical (unpaired) electrons. The van der Waals surface area contributed by atoms with Crippen LogP contribution in [-0.4, -0.2) is 41.4 Å². The summed E-state index contributed by atoms with van der Waals surface area (Å²) in [5, 5.41) is 3.08. The maximum Gasteiger partial charge on any atom is 0.281 e. The molecule has 1 aromatic rings. The Balaban J connectivity index is 1.73. The van der Waals surface area contributed by atoms with Crippen molar-refractivity contribution in [3.63, 3.8) is 0 Å². The molecular formula is C16H22N2O2S. The number of rotatable bonds is 7. The van der Waals surface area contributed by atoms with Gasteiger partial charge in [-0.05, 0) is 12.0 Å². The average molecular weight is 306 g/mol. The van der Waals surface area contributed by atoms with Gasteiger partial charge in [0.2, 0.25) is 5.91 Å². The summed E-state index contributed by atoms with van der Waals surface area (Å²) in [6.07, 6.45) is 1.38. The summed E-state index contributed by atoms with van der Waals surface area (Å²) >= 11 is 1.33. The van der Waals surface area contributed by atoms with E-state index in [2.05, 4.69) is 24.4 Å². The Labute approximate surface area is 130 Å². The highest BCUT2D eigenvalue weighted by molar-refractivity contribution is 8.13. The van der Waals surface area contributed by atoms with Crippen LogP contribution in [0.15, 0.2) is 30.3 Å². The van der Waals surface area contributed by atoms with E-state index in [9.17, 15) is 9.59 Å². The summed E-state index contributed by atoms with van der Waals surface area (Å²) in [5.41, 5.74) is 1.26. The van der Waals surface area contributed by atoms with E-state index in [1.54, 1.807) is 4.90 Å². The lowest BCUT2D eigenvalue weighted by Gasteiger charge is -2.17. The highest BCUT2D eigenvalue weighted by Crippen LogP contribution is 2.18. The largest absolute Gasteiger partial charge is 0.355 e. The second kappa shape index (κ2) is 8.08. The normalized spacial score (nSPS) is 16.0. The molecule has 1 aromatic carbocycles. The van der Waals surface area contributed by atoms with Gasteiger partial charge in [0, 0.05) is 37.7 Å². The highest BCUT2D eigenvalue weighted by atomic mass is 32.2. The van der Waals surface area contributed by atoms with Crippen LogP contribution in [0.1, 0.15) is 31.2 Å². The van der Waals surface area contributed by atoms with Gasteiger partial charge in [-0.25, -0.2) is 0 Å². The summed E-state index contributed by atoms with van der Waals surface area (Å²) in [5.74, 6) is 1.21. The molecule has 2 rings (SSSR count). The van der Waals surface area contributed by atoms with E-state index < -0.39 is 0 Å². The van der Waals surface area contributed by atoms with Crippen LogP contribution in [0.3, 0.4) is 0 Å². The molecule has 1 saturated heterocycles. The zero-order chi connectivity index (χ0) is 15.1. The molecule has 0 aromatic heterocycles. The SMILES string of the molecule is CC[C@@H](CNC(=O)CCN1CCSC1=O)c1ccccc1. The Morgan fingerprint density at radius 2 is 2.14 bits per heavy atom. The Bertz CT molecular complexity index is 478. The van der Waals surface area contributed by atoms with Crippen LogP contribution in [0.25, 0.3) is 0 Å². The molecular weight excluding hydrogens is 284 g/mol. The fourth-order valence-corrected chi connectivity index (χ4v) is 3.27. The Morgan fingerprint density at radius 3 is 2.76 bits per heavy atom. The van der Waals surface area contributed by atoms with Crippen molar-refractivity contribution >= 4 is 22.9 Å². The van der Waals surface area contributed by atoms with Gasteiger partial charge in [0.25, 0.3) is 5.24 Å². The van der Waals surface area contributed by atoms with Gasteiger partial charge in [-0.15, -0.1) is 0 Å². The van der Waals surface area contributed by atoms with E-state index >= 15 is 0 Å². The van der Waals surface area contributed by atoms with Gasteiger partial charge in [0.15, 0.2) is 0 Å². The van der Waals surface area contributed by atoms with Crippen molar-refractivity contribution < 1.29 is 9.59 Å². The van der Waals surface area contributed by atoms with Crippen LogP contribution in [0.2, 0.25) is 0 Å². The van der Waals surface area contributed by atoms with Crippen LogP contribution < -0.4 is 5.32 Å². The molecule has 2 amide bonds. The number of hydrogen-bond acceptors (Lipinski definition) is 3. The first-order valence-electron chi connectivity index (χ1n) is 7.44. The monoisotopic (exact) mass is 306 g/mol. The maximum absolute atomic E-state index is 11.9. The van der Waals surface area contributed by atoms with Crippen LogP contribution in [0.5, 0.6) is 0 Å². The number of thioether (sulfide) groups is 1. The summed E-state index contributed by atoms with van der Waals surface area (Å²) in [7, 11) is 0. The van der Waals surface area contributed by atoms with E-state index in [4.69, 9.17) is 0 Å². The van der Waals surface area contributed by atoms with Crippen molar-refractivity contribution in [3.05, 3.63) is 35.9 Å². The molecule has 5 heteroatoms. The van der Waals surface area contributed by atoms with Gasteiger partial charge in [0.05, 0.1) is 0 Å². The third kappa shape index (κ3) is 4.77. The molecule has 1 fully saturated rings. The second-order valence-electron chi connectivity index (χ2n) is 5.17. The molecule has 0 saturated carbocycles. The predicted molar refractivity (Wildman–Crippen MR) is 86.5 cm³/mol. The Morgan fingerprint density at radius 1 is 1.38 bits per heavy atom. The fourth-order valence-electron chi connectivity index (χ4n) is 2.41. The van der Waals surface area contributed by atoms with Gasteiger partial charge in [-0.1, -0.05) is 49.0 Å². The number of nitrogens with one attached hydrogen (secondary N) is 1. The first-order chi connectivity index (χ1) is 10.2. The molecule has 1 N–H and O–H groups in total.